The average molecular weight is 244 g/mol. The monoisotopic (exact) mass is 243 g/mol. The average Bonchev–Trinajstić information content (AvgIpc) is 2.94. The van der Waals surface area contributed by atoms with Crippen LogP contribution in [0.15, 0.2) is 18.3 Å². The number of aromatic amines is 1. The Hall–Kier alpha value is -1.00. The fourth-order valence-corrected chi connectivity index (χ4v) is 1.84. The summed E-state index contributed by atoms with van der Waals surface area (Å²) in [6.45, 7) is 2.51. The van der Waals surface area contributed by atoms with Gasteiger partial charge in [-0.25, -0.2) is 0 Å². The topological polar surface area (TPSA) is 70.9 Å². The minimum atomic E-state index is -0.248. The van der Waals surface area contributed by atoms with Gasteiger partial charge in [0.2, 0.25) is 0 Å². The number of aromatic nitrogens is 1. The number of hydrogen-bond acceptors (Lipinski definition) is 2. The van der Waals surface area contributed by atoms with Crippen molar-refractivity contribution >= 4 is 18.3 Å². The van der Waals surface area contributed by atoms with Crippen molar-refractivity contribution < 1.29 is 4.79 Å². The van der Waals surface area contributed by atoms with E-state index in [9.17, 15) is 4.79 Å². The highest BCUT2D eigenvalue weighted by Gasteiger charge is 2.41. The summed E-state index contributed by atoms with van der Waals surface area (Å²) < 4.78 is 0. The maximum absolute atomic E-state index is 11.8. The predicted molar refractivity (Wildman–Crippen MR) is 65.7 cm³/mol. The molecule has 2 rings (SSSR count). The zero-order valence-electron chi connectivity index (χ0n) is 9.32. The summed E-state index contributed by atoms with van der Waals surface area (Å²) in [7, 11) is 0. The van der Waals surface area contributed by atoms with E-state index in [1.165, 1.54) is 12.8 Å². The van der Waals surface area contributed by atoms with E-state index < -0.39 is 0 Å². The van der Waals surface area contributed by atoms with Crippen LogP contribution in [0.4, 0.5) is 0 Å². The van der Waals surface area contributed by atoms with Gasteiger partial charge in [-0.2, -0.15) is 0 Å². The van der Waals surface area contributed by atoms with Crippen molar-refractivity contribution in [2.45, 2.75) is 25.3 Å². The first-order valence-electron chi connectivity index (χ1n) is 5.32. The molecule has 1 atom stereocenters. The van der Waals surface area contributed by atoms with E-state index in [1.807, 2.05) is 13.0 Å². The van der Waals surface area contributed by atoms with Gasteiger partial charge in [-0.3, -0.25) is 4.79 Å². The van der Waals surface area contributed by atoms with Gasteiger partial charge in [0.1, 0.15) is 5.69 Å². The summed E-state index contributed by atoms with van der Waals surface area (Å²) in [5.41, 5.74) is 6.07. The number of hydrogen-bond donors (Lipinski definition) is 3. The quantitative estimate of drug-likeness (QED) is 0.746. The molecule has 4 N–H and O–H groups in total. The van der Waals surface area contributed by atoms with E-state index in [4.69, 9.17) is 5.73 Å². The van der Waals surface area contributed by atoms with Gasteiger partial charge in [0.15, 0.2) is 0 Å². The lowest BCUT2D eigenvalue weighted by molar-refractivity contribution is 0.0893. The Bertz CT molecular complexity index is 348. The van der Waals surface area contributed by atoms with Crippen molar-refractivity contribution in [3.63, 3.8) is 0 Å². The molecule has 0 bridgehead atoms. The van der Waals surface area contributed by atoms with Gasteiger partial charge >= 0.3 is 0 Å². The van der Waals surface area contributed by atoms with E-state index >= 15 is 0 Å². The van der Waals surface area contributed by atoms with Crippen molar-refractivity contribution in [2.75, 3.05) is 6.54 Å². The van der Waals surface area contributed by atoms with Gasteiger partial charge in [0.05, 0.1) is 5.54 Å². The Kier molecular flexibility index (Phi) is 3.99. The first-order chi connectivity index (χ1) is 7.15. The second kappa shape index (κ2) is 4.89. The van der Waals surface area contributed by atoms with Gasteiger partial charge in [0, 0.05) is 12.7 Å². The third-order valence-electron chi connectivity index (χ3n) is 3.14. The van der Waals surface area contributed by atoms with Gasteiger partial charge in [-0.1, -0.05) is 0 Å². The Labute approximate surface area is 101 Å². The smallest absolute Gasteiger partial charge is 0.268 e. The maximum atomic E-state index is 11.8. The number of amides is 1. The fourth-order valence-electron chi connectivity index (χ4n) is 1.84. The van der Waals surface area contributed by atoms with E-state index in [0.717, 1.165) is 0 Å². The molecule has 1 aliphatic carbocycles. The number of nitrogens with one attached hydrogen (secondary N) is 2. The number of nitrogens with two attached hydrogens (primary N) is 1. The van der Waals surface area contributed by atoms with Crippen LogP contribution in [-0.4, -0.2) is 23.0 Å². The molecule has 1 aliphatic rings. The van der Waals surface area contributed by atoms with Crippen molar-refractivity contribution in [2.24, 2.45) is 11.7 Å². The molecular weight excluding hydrogens is 226 g/mol. The molecule has 0 saturated heterocycles. The molecule has 1 amide bonds. The van der Waals surface area contributed by atoms with Crippen LogP contribution in [0.1, 0.15) is 30.3 Å². The van der Waals surface area contributed by atoms with Gasteiger partial charge < -0.3 is 16.0 Å². The molecule has 5 heteroatoms. The van der Waals surface area contributed by atoms with Crippen LogP contribution in [-0.2, 0) is 0 Å². The lowest BCUT2D eigenvalue weighted by atomic mass is 9.96. The number of halogens is 1. The zero-order chi connectivity index (χ0) is 10.9. The van der Waals surface area contributed by atoms with Crippen LogP contribution >= 0.6 is 12.4 Å². The number of carbonyl (C=O) groups excluding carboxylic acids is 1. The van der Waals surface area contributed by atoms with Crippen LogP contribution in [0.5, 0.6) is 0 Å². The normalized spacial score (nSPS) is 18.4. The Morgan fingerprint density at radius 1 is 1.69 bits per heavy atom. The summed E-state index contributed by atoms with van der Waals surface area (Å²) in [4.78, 5) is 14.7. The number of carbonyl (C=O) groups is 1. The fraction of sp³-hybridized carbons (Fsp3) is 0.545. The maximum Gasteiger partial charge on any atom is 0.268 e. The Balaban J connectivity index is 0.00000128. The molecule has 16 heavy (non-hydrogen) atoms. The first kappa shape index (κ1) is 13.1. The first-order valence-corrected chi connectivity index (χ1v) is 5.32. The third-order valence-corrected chi connectivity index (χ3v) is 3.14. The lowest BCUT2D eigenvalue weighted by Crippen LogP contribution is -2.53. The molecule has 1 aromatic heterocycles. The molecule has 1 heterocycles. The minimum absolute atomic E-state index is 0. The van der Waals surface area contributed by atoms with E-state index in [2.05, 4.69) is 10.3 Å². The van der Waals surface area contributed by atoms with Crippen molar-refractivity contribution in [1.82, 2.24) is 10.3 Å². The second-order valence-corrected chi connectivity index (χ2v) is 4.43. The third kappa shape index (κ3) is 2.57. The standard InChI is InChI=1S/C11H17N3O.ClH/c1-11(7-12,8-4-5-8)14-10(15)9-3-2-6-13-9;/h2-3,6,8,13H,4-5,7,12H2,1H3,(H,14,15);1H. The largest absolute Gasteiger partial charge is 0.357 e. The van der Waals surface area contributed by atoms with Crippen LogP contribution in [0.3, 0.4) is 0 Å². The predicted octanol–water partition coefficient (Wildman–Crippen LogP) is 1.29. The molecule has 0 spiro atoms. The van der Waals surface area contributed by atoms with Crippen LogP contribution in [0.25, 0.3) is 0 Å². The molecule has 1 fully saturated rings. The lowest BCUT2D eigenvalue weighted by Gasteiger charge is -2.29. The summed E-state index contributed by atoms with van der Waals surface area (Å²) in [5.74, 6) is 0.473. The molecule has 4 nitrogen and oxygen atoms in total. The van der Waals surface area contributed by atoms with Crippen LogP contribution in [0.2, 0.25) is 0 Å². The Morgan fingerprint density at radius 2 is 2.38 bits per heavy atom. The molecule has 0 radical (unpaired) electrons. The highest BCUT2D eigenvalue weighted by atomic mass is 35.5. The molecule has 1 saturated carbocycles. The van der Waals surface area contributed by atoms with E-state index in [-0.39, 0.29) is 23.9 Å². The zero-order valence-corrected chi connectivity index (χ0v) is 10.1. The summed E-state index contributed by atoms with van der Waals surface area (Å²) >= 11 is 0. The molecule has 1 unspecified atom stereocenters. The molecular formula is C11H18ClN3O. The molecule has 1 aromatic rings. The molecule has 0 aliphatic heterocycles. The summed E-state index contributed by atoms with van der Waals surface area (Å²) in [6, 6.07) is 3.57. The van der Waals surface area contributed by atoms with Gasteiger partial charge in [-0.05, 0) is 37.8 Å². The van der Waals surface area contributed by atoms with Crippen molar-refractivity contribution in [3.8, 4) is 0 Å². The van der Waals surface area contributed by atoms with E-state index in [1.54, 1.807) is 12.3 Å². The van der Waals surface area contributed by atoms with Crippen molar-refractivity contribution in [1.29, 1.82) is 0 Å². The van der Waals surface area contributed by atoms with Gasteiger partial charge in [-0.15, -0.1) is 12.4 Å². The molecule has 0 aromatic carbocycles. The number of rotatable bonds is 4. The van der Waals surface area contributed by atoms with Crippen molar-refractivity contribution in [3.05, 3.63) is 24.0 Å². The highest BCUT2D eigenvalue weighted by molar-refractivity contribution is 5.92. The Morgan fingerprint density at radius 3 is 2.81 bits per heavy atom. The van der Waals surface area contributed by atoms with Gasteiger partial charge in [0.25, 0.3) is 5.91 Å². The number of H-pyrrole nitrogens is 1. The minimum Gasteiger partial charge on any atom is -0.357 e. The summed E-state index contributed by atoms with van der Waals surface area (Å²) in [6.07, 6.45) is 4.07. The van der Waals surface area contributed by atoms with Crippen LogP contribution in [0, 0.1) is 5.92 Å². The summed E-state index contributed by atoms with van der Waals surface area (Å²) in [5, 5.41) is 3.01. The SMILES string of the molecule is CC(CN)(NC(=O)c1ccc[nH]1)C1CC1.Cl. The highest BCUT2D eigenvalue weighted by Crippen LogP contribution is 2.39. The van der Waals surface area contributed by atoms with E-state index in [0.29, 0.717) is 18.2 Å². The van der Waals surface area contributed by atoms with Crippen LogP contribution < -0.4 is 11.1 Å². The molecule has 90 valence electrons. The second-order valence-electron chi connectivity index (χ2n) is 4.43.